The van der Waals surface area contributed by atoms with Crippen LogP contribution in [0.4, 0.5) is 17.6 Å². The zero-order valence-electron chi connectivity index (χ0n) is 11.6. The van der Waals surface area contributed by atoms with Gasteiger partial charge in [-0.05, 0) is 7.05 Å². The van der Waals surface area contributed by atoms with E-state index in [1.165, 1.54) is 0 Å². The zero-order chi connectivity index (χ0) is 14.0. The second kappa shape index (κ2) is 5.28. The molecule has 0 spiro atoms. The van der Waals surface area contributed by atoms with Crippen molar-refractivity contribution in [3.05, 3.63) is 5.56 Å². The van der Waals surface area contributed by atoms with Gasteiger partial charge in [0.1, 0.15) is 17.5 Å². The summed E-state index contributed by atoms with van der Waals surface area (Å²) in [7, 11) is 5.80. The van der Waals surface area contributed by atoms with Gasteiger partial charge in [-0.3, -0.25) is 0 Å². The largest absolute Gasteiger partial charge is 0.382 e. The maximum Gasteiger partial charge on any atom is 0.228 e. The average molecular weight is 261 g/mol. The third-order valence-corrected chi connectivity index (χ3v) is 3.22. The number of hydrogen-bond donors (Lipinski definition) is 1. The predicted molar refractivity (Wildman–Crippen MR) is 75.2 cm³/mol. The fourth-order valence-electron chi connectivity index (χ4n) is 2.01. The molecule has 2 heterocycles. The molecule has 2 rings (SSSR count). The van der Waals surface area contributed by atoms with Crippen LogP contribution in [-0.2, 0) is 0 Å². The van der Waals surface area contributed by atoms with E-state index < -0.39 is 0 Å². The van der Waals surface area contributed by atoms with Crippen molar-refractivity contribution in [3.63, 3.8) is 0 Å². The first-order chi connectivity index (χ1) is 9.02. The molecule has 0 saturated carbocycles. The number of nitriles is 1. The highest BCUT2D eigenvalue weighted by Gasteiger charge is 2.22. The molecule has 19 heavy (non-hydrogen) atoms. The van der Waals surface area contributed by atoms with Crippen LogP contribution in [-0.4, -0.2) is 62.2 Å². The van der Waals surface area contributed by atoms with Crippen molar-refractivity contribution < 1.29 is 0 Å². The standard InChI is InChI=1S/C12H19N7/c1-17(2)12-15-10(14)9(8-13)11(16-12)19-6-4-18(3)5-7-19/h4-7H2,1-3H3,(H2,14,15,16). The van der Waals surface area contributed by atoms with E-state index >= 15 is 0 Å². The lowest BCUT2D eigenvalue weighted by molar-refractivity contribution is 0.312. The zero-order valence-corrected chi connectivity index (χ0v) is 11.6. The molecule has 0 aromatic carbocycles. The molecule has 0 amide bonds. The Morgan fingerprint density at radius 3 is 2.37 bits per heavy atom. The van der Waals surface area contributed by atoms with Crippen LogP contribution < -0.4 is 15.5 Å². The lowest BCUT2D eigenvalue weighted by Gasteiger charge is -2.34. The fourth-order valence-corrected chi connectivity index (χ4v) is 2.01. The predicted octanol–water partition coefficient (Wildman–Crippen LogP) is -0.252. The van der Waals surface area contributed by atoms with E-state index in [2.05, 4.69) is 32.9 Å². The molecular weight excluding hydrogens is 242 g/mol. The molecule has 1 saturated heterocycles. The van der Waals surface area contributed by atoms with Crippen LogP contribution in [0, 0.1) is 11.3 Å². The van der Waals surface area contributed by atoms with Crippen molar-refractivity contribution >= 4 is 17.6 Å². The Morgan fingerprint density at radius 1 is 1.21 bits per heavy atom. The quantitative estimate of drug-likeness (QED) is 0.785. The summed E-state index contributed by atoms with van der Waals surface area (Å²) in [6.45, 7) is 3.58. The Morgan fingerprint density at radius 2 is 1.84 bits per heavy atom. The Kier molecular flexibility index (Phi) is 3.71. The van der Waals surface area contributed by atoms with Gasteiger partial charge in [-0.25, -0.2) is 0 Å². The van der Waals surface area contributed by atoms with Gasteiger partial charge >= 0.3 is 0 Å². The van der Waals surface area contributed by atoms with E-state index in [4.69, 9.17) is 5.73 Å². The molecule has 0 unspecified atom stereocenters. The van der Waals surface area contributed by atoms with Crippen LogP contribution >= 0.6 is 0 Å². The SMILES string of the molecule is CN1CCN(c2nc(N(C)C)nc(N)c2C#N)CC1. The van der Waals surface area contributed by atoms with Crippen molar-refractivity contribution in [2.75, 3.05) is 62.9 Å². The lowest BCUT2D eigenvalue weighted by Crippen LogP contribution is -2.45. The van der Waals surface area contributed by atoms with Gasteiger partial charge in [0, 0.05) is 40.3 Å². The third-order valence-electron chi connectivity index (χ3n) is 3.22. The summed E-state index contributed by atoms with van der Waals surface area (Å²) in [5, 5.41) is 9.25. The summed E-state index contributed by atoms with van der Waals surface area (Å²) in [4.78, 5) is 14.8. The number of piperazine rings is 1. The summed E-state index contributed by atoms with van der Waals surface area (Å²) in [5.41, 5.74) is 6.24. The average Bonchev–Trinajstić information content (AvgIpc) is 2.38. The number of nitrogen functional groups attached to an aromatic ring is 1. The lowest BCUT2D eigenvalue weighted by atomic mass is 10.2. The third kappa shape index (κ3) is 2.69. The fraction of sp³-hybridized carbons (Fsp3) is 0.583. The highest BCUT2D eigenvalue weighted by Crippen LogP contribution is 2.25. The molecule has 0 bridgehead atoms. The number of aromatic nitrogens is 2. The Hall–Kier alpha value is -2.07. The molecular formula is C12H19N7. The number of nitrogens with two attached hydrogens (primary N) is 1. The minimum atomic E-state index is 0.245. The molecule has 2 N–H and O–H groups in total. The topological polar surface area (TPSA) is 85.3 Å². The smallest absolute Gasteiger partial charge is 0.228 e. The highest BCUT2D eigenvalue weighted by molar-refractivity contribution is 5.66. The van der Waals surface area contributed by atoms with Gasteiger partial charge in [-0.15, -0.1) is 0 Å². The molecule has 7 nitrogen and oxygen atoms in total. The Bertz CT molecular complexity index is 498. The van der Waals surface area contributed by atoms with Gasteiger partial charge in [-0.2, -0.15) is 15.2 Å². The molecule has 0 atom stereocenters. The molecule has 0 aliphatic carbocycles. The van der Waals surface area contributed by atoms with Crippen molar-refractivity contribution in [2.45, 2.75) is 0 Å². The molecule has 1 fully saturated rings. The van der Waals surface area contributed by atoms with Gasteiger partial charge in [0.25, 0.3) is 0 Å². The number of hydrogen-bond acceptors (Lipinski definition) is 7. The van der Waals surface area contributed by atoms with Crippen molar-refractivity contribution in [1.82, 2.24) is 14.9 Å². The monoisotopic (exact) mass is 261 g/mol. The van der Waals surface area contributed by atoms with Gasteiger partial charge in [0.15, 0.2) is 5.82 Å². The van der Waals surface area contributed by atoms with Crippen LogP contribution in [0.15, 0.2) is 0 Å². The maximum atomic E-state index is 9.25. The first-order valence-corrected chi connectivity index (χ1v) is 6.21. The van der Waals surface area contributed by atoms with Crippen molar-refractivity contribution in [2.24, 2.45) is 0 Å². The van der Waals surface area contributed by atoms with E-state index in [0.717, 1.165) is 26.2 Å². The number of likely N-dealkylation sites (N-methyl/N-ethyl adjacent to an activating group) is 1. The molecule has 7 heteroatoms. The van der Waals surface area contributed by atoms with Gasteiger partial charge in [-0.1, -0.05) is 0 Å². The minimum Gasteiger partial charge on any atom is -0.382 e. The summed E-state index contributed by atoms with van der Waals surface area (Å²) in [5.74, 6) is 1.42. The summed E-state index contributed by atoms with van der Waals surface area (Å²) < 4.78 is 0. The summed E-state index contributed by atoms with van der Waals surface area (Å²) in [6.07, 6.45) is 0. The van der Waals surface area contributed by atoms with Crippen LogP contribution in [0.1, 0.15) is 5.56 Å². The Labute approximate surface area is 113 Å². The van der Waals surface area contributed by atoms with Crippen LogP contribution in [0.3, 0.4) is 0 Å². The van der Waals surface area contributed by atoms with E-state index in [1.807, 2.05) is 14.1 Å². The first-order valence-electron chi connectivity index (χ1n) is 6.21. The second-order valence-corrected chi connectivity index (χ2v) is 4.90. The maximum absolute atomic E-state index is 9.25. The van der Waals surface area contributed by atoms with E-state index in [0.29, 0.717) is 17.3 Å². The minimum absolute atomic E-state index is 0.245. The first kappa shape index (κ1) is 13.4. The molecule has 1 aliphatic heterocycles. The van der Waals surface area contributed by atoms with Crippen LogP contribution in [0.2, 0.25) is 0 Å². The molecule has 102 valence electrons. The second-order valence-electron chi connectivity index (χ2n) is 4.90. The van der Waals surface area contributed by atoms with Crippen molar-refractivity contribution in [1.29, 1.82) is 5.26 Å². The summed E-state index contributed by atoms with van der Waals surface area (Å²) >= 11 is 0. The van der Waals surface area contributed by atoms with Gasteiger partial charge < -0.3 is 20.4 Å². The van der Waals surface area contributed by atoms with Crippen molar-refractivity contribution in [3.8, 4) is 6.07 Å². The number of nitrogens with zero attached hydrogens (tertiary/aromatic N) is 6. The van der Waals surface area contributed by atoms with E-state index in [-0.39, 0.29) is 5.82 Å². The summed E-state index contributed by atoms with van der Waals surface area (Å²) in [6, 6.07) is 2.11. The van der Waals surface area contributed by atoms with E-state index in [1.54, 1.807) is 4.90 Å². The van der Waals surface area contributed by atoms with Gasteiger partial charge in [0.2, 0.25) is 5.95 Å². The number of rotatable bonds is 2. The number of anilines is 3. The van der Waals surface area contributed by atoms with Crippen LogP contribution in [0.25, 0.3) is 0 Å². The highest BCUT2D eigenvalue weighted by atomic mass is 15.3. The van der Waals surface area contributed by atoms with Gasteiger partial charge in [0.05, 0.1) is 0 Å². The molecule has 0 radical (unpaired) electrons. The molecule has 1 aromatic heterocycles. The normalized spacial score (nSPS) is 16.2. The molecule has 1 aliphatic rings. The molecule has 1 aromatic rings. The Balaban J connectivity index is 2.40. The van der Waals surface area contributed by atoms with E-state index in [9.17, 15) is 5.26 Å². The van der Waals surface area contributed by atoms with Crippen LogP contribution in [0.5, 0.6) is 0 Å².